The van der Waals surface area contributed by atoms with Gasteiger partial charge >= 0.3 is 6.03 Å². The number of pyridine rings is 1. The molecule has 30 heavy (non-hydrogen) atoms. The molecule has 0 fully saturated rings. The number of hydrazine groups is 2. The molecule has 0 unspecified atom stereocenters. The van der Waals surface area contributed by atoms with Crippen molar-refractivity contribution in [2.24, 2.45) is 11.7 Å². The number of hydrogen-bond acceptors (Lipinski definition) is 6. The molecule has 0 atom stereocenters. The highest BCUT2D eigenvalue weighted by molar-refractivity contribution is 5.91. The molecule has 1 heterocycles. The largest absolute Gasteiger partial charge is 0.486 e. The number of nitrogens with zero attached hydrogens (tertiary/aromatic N) is 2. The van der Waals surface area contributed by atoms with Crippen LogP contribution in [0.2, 0.25) is 0 Å². The summed E-state index contributed by atoms with van der Waals surface area (Å²) >= 11 is 0. The number of aromatic nitrogens is 1. The summed E-state index contributed by atoms with van der Waals surface area (Å²) in [7, 11) is 1.51. The van der Waals surface area contributed by atoms with E-state index < -0.39 is 11.8 Å². The van der Waals surface area contributed by atoms with E-state index in [2.05, 4.69) is 4.98 Å². The summed E-state index contributed by atoms with van der Waals surface area (Å²) in [5, 5.41) is 0.876. The number of amides is 2. The number of nitrogens with two attached hydrogens (primary N) is 2. The molecule has 2 amide bonds. The lowest BCUT2D eigenvalue weighted by Crippen LogP contribution is -2.48. The van der Waals surface area contributed by atoms with E-state index >= 15 is 4.39 Å². The van der Waals surface area contributed by atoms with E-state index in [1.54, 1.807) is 36.4 Å². The van der Waals surface area contributed by atoms with Crippen molar-refractivity contribution in [3.05, 3.63) is 71.7 Å². The number of halogens is 1. The fraction of sp³-hybridized carbons (Fsp3) is 0.143. The molecule has 9 heteroatoms. The van der Waals surface area contributed by atoms with Crippen molar-refractivity contribution in [3.8, 4) is 22.8 Å². The average Bonchev–Trinajstić information content (AvgIpc) is 2.78. The molecule has 3 aromatic rings. The average molecular weight is 411 g/mol. The fourth-order valence-corrected chi connectivity index (χ4v) is 2.93. The lowest BCUT2D eigenvalue weighted by molar-refractivity contribution is 0.246. The second kappa shape index (κ2) is 9.21. The first kappa shape index (κ1) is 21.0. The van der Waals surface area contributed by atoms with Crippen molar-refractivity contribution in [1.29, 1.82) is 0 Å². The molecule has 0 aliphatic heterocycles. The maximum Gasteiger partial charge on any atom is 0.350 e. The smallest absolute Gasteiger partial charge is 0.350 e. The van der Waals surface area contributed by atoms with Gasteiger partial charge in [0.25, 0.3) is 0 Å². The third-order valence-electron chi connectivity index (χ3n) is 4.58. The van der Waals surface area contributed by atoms with Crippen molar-refractivity contribution < 1.29 is 18.7 Å². The van der Waals surface area contributed by atoms with Crippen molar-refractivity contribution >= 4 is 11.7 Å². The highest BCUT2D eigenvalue weighted by Crippen LogP contribution is 2.31. The first-order valence-electron chi connectivity index (χ1n) is 9.02. The van der Waals surface area contributed by atoms with Gasteiger partial charge in [0.1, 0.15) is 6.61 Å². The van der Waals surface area contributed by atoms with Crippen LogP contribution in [-0.2, 0) is 6.61 Å². The van der Waals surface area contributed by atoms with Gasteiger partial charge in [-0.1, -0.05) is 24.3 Å². The Morgan fingerprint density at radius 2 is 1.97 bits per heavy atom. The SMILES string of the molecule is COc1ccc(-c2cccc(OCc3c(C)cccc3N(N)C(=O)NN)c2F)cn1. The number of urea groups is 1. The number of rotatable bonds is 6. The molecule has 0 aliphatic carbocycles. The topological polar surface area (TPSA) is 116 Å². The van der Waals surface area contributed by atoms with E-state index in [4.69, 9.17) is 21.2 Å². The van der Waals surface area contributed by atoms with Gasteiger partial charge in [-0.2, -0.15) is 0 Å². The van der Waals surface area contributed by atoms with Crippen LogP contribution in [0.25, 0.3) is 11.1 Å². The summed E-state index contributed by atoms with van der Waals surface area (Å²) in [6.07, 6.45) is 1.53. The maximum atomic E-state index is 15.1. The molecular formula is C21H22FN5O3. The highest BCUT2D eigenvalue weighted by Gasteiger charge is 2.18. The summed E-state index contributed by atoms with van der Waals surface area (Å²) in [4.78, 5) is 15.9. The monoisotopic (exact) mass is 411 g/mol. The van der Waals surface area contributed by atoms with Gasteiger partial charge in [-0.05, 0) is 30.7 Å². The Bertz CT molecular complexity index is 1040. The Labute approximate surface area is 173 Å². The number of methoxy groups -OCH3 is 1. The predicted octanol–water partition coefficient (Wildman–Crippen LogP) is 3.05. The van der Waals surface area contributed by atoms with Crippen LogP contribution in [0.3, 0.4) is 0 Å². The normalized spacial score (nSPS) is 10.4. The third-order valence-corrected chi connectivity index (χ3v) is 4.58. The molecule has 8 nitrogen and oxygen atoms in total. The van der Waals surface area contributed by atoms with Gasteiger partial charge < -0.3 is 9.47 Å². The number of carbonyl (C=O) groups excluding carboxylic acids is 1. The molecule has 5 N–H and O–H groups in total. The van der Waals surface area contributed by atoms with Crippen LogP contribution < -0.4 is 31.6 Å². The summed E-state index contributed by atoms with van der Waals surface area (Å²) in [5.41, 5.74) is 4.75. The van der Waals surface area contributed by atoms with E-state index in [0.717, 1.165) is 10.6 Å². The molecule has 3 rings (SSSR count). The van der Waals surface area contributed by atoms with E-state index in [0.29, 0.717) is 28.3 Å². The second-order valence-electron chi connectivity index (χ2n) is 6.39. The fourth-order valence-electron chi connectivity index (χ4n) is 2.93. The van der Waals surface area contributed by atoms with Crippen LogP contribution in [0.4, 0.5) is 14.9 Å². The molecule has 0 saturated heterocycles. The molecule has 0 spiro atoms. The van der Waals surface area contributed by atoms with Gasteiger partial charge in [0.2, 0.25) is 5.88 Å². The van der Waals surface area contributed by atoms with Crippen LogP contribution in [0.15, 0.2) is 54.7 Å². The molecule has 0 aliphatic rings. The van der Waals surface area contributed by atoms with Crippen LogP contribution in [0.1, 0.15) is 11.1 Å². The van der Waals surface area contributed by atoms with Crippen LogP contribution in [-0.4, -0.2) is 18.1 Å². The van der Waals surface area contributed by atoms with Crippen LogP contribution in [0.5, 0.6) is 11.6 Å². The van der Waals surface area contributed by atoms with Gasteiger partial charge in [0, 0.05) is 29.0 Å². The molecule has 0 radical (unpaired) electrons. The lowest BCUT2D eigenvalue weighted by atomic mass is 10.1. The Kier molecular flexibility index (Phi) is 6.45. The van der Waals surface area contributed by atoms with Gasteiger partial charge in [0.15, 0.2) is 11.6 Å². The molecule has 1 aromatic heterocycles. The van der Waals surface area contributed by atoms with Crippen molar-refractivity contribution in [3.63, 3.8) is 0 Å². The molecule has 0 saturated carbocycles. The molecular weight excluding hydrogens is 389 g/mol. The van der Waals surface area contributed by atoms with Gasteiger partial charge in [0.05, 0.1) is 12.8 Å². The summed E-state index contributed by atoms with van der Waals surface area (Å²) in [6, 6.07) is 12.8. The predicted molar refractivity (Wildman–Crippen MR) is 111 cm³/mol. The van der Waals surface area contributed by atoms with Crippen LogP contribution in [0, 0.1) is 12.7 Å². The second-order valence-corrected chi connectivity index (χ2v) is 6.39. The summed E-state index contributed by atoms with van der Waals surface area (Å²) < 4.78 is 25.9. The van der Waals surface area contributed by atoms with Gasteiger partial charge in [-0.3, -0.25) is 5.43 Å². The lowest BCUT2D eigenvalue weighted by Gasteiger charge is -2.21. The van der Waals surface area contributed by atoms with Crippen molar-refractivity contribution in [2.45, 2.75) is 13.5 Å². The number of anilines is 1. The number of ether oxygens (including phenoxy) is 2. The summed E-state index contributed by atoms with van der Waals surface area (Å²) in [6.45, 7) is 1.83. The number of carbonyl (C=O) groups is 1. The van der Waals surface area contributed by atoms with Crippen molar-refractivity contribution in [1.82, 2.24) is 10.4 Å². The number of benzene rings is 2. The van der Waals surface area contributed by atoms with E-state index in [9.17, 15) is 4.79 Å². The third kappa shape index (κ3) is 4.32. The Morgan fingerprint density at radius 1 is 1.20 bits per heavy atom. The number of hydrogen-bond donors (Lipinski definition) is 3. The Morgan fingerprint density at radius 3 is 2.63 bits per heavy atom. The molecule has 2 aromatic carbocycles. The van der Waals surface area contributed by atoms with Gasteiger partial charge in [-0.25, -0.2) is 30.9 Å². The zero-order chi connectivity index (χ0) is 21.7. The molecule has 0 bridgehead atoms. The zero-order valence-electron chi connectivity index (χ0n) is 16.6. The first-order valence-corrected chi connectivity index (χ1v) is 9.02. The first-order chi connectivity index (χ1) is 14.5. The van der Waals surface area contributed by atoms with Crippen molar-refractivity contribution in [2.75, 3.05) is 12.1 Å². The minimum absolute atomic E-state index is 0.00516. The quantitative estimate of drug-likeness (QED) is 0.326. The van der Waals surface area contributed by atoms with E-state index in [1.165, 1.54) is 19.4 Å². The minimum atomic E-state index is -0.693. The number of aryl methyl sites for hydroxylation is 1. The Hall–Kier alpha value is -3.69. The van der Waals surface area contributed by atoms with Gasteiger partial charge in [-0.15, -0.1) is 0 Å². The minimum Gasteiger partial charge on any atom is -0.486 e. The Balaban J connectivity index is 1.87. The van der Waals surface area contributed by atoms with E-state index in [-0.39, 0.29) is 12.4 Å². The maximum absolute atomic E-state index is 15.1. The molecule has 156 valence electrons. The highest BCUT2D eigenvalue weighted by atomic mass is 19.1. The zero-order valence-corrected chi connectivity index (χ0v) is 16.6. The van der Waals surface area contributed by atoms with E-state index in [1.807, 2.05) is 18.4 Å². The van der Waals surface area contributed by atoms with Crippen LogP contribution >= 0.6 is 0 Å². The number of nitrogens with one attached hydrogen (secondary N) is 1. The standard InChI is InChI=1S/C21H22FN5O3/c1-13-5-3-7-17(27(24)21(28)26-23)16(13)12-30-18-8-4-6-15(20(18)22)14-9-10-19(29-2)25-11-14/h3-11H,12,23-24H2,1-2H3,(H,26,28). The summed E-state index contributed by atoms with van der Waals surface area (Å²) in [5.74, 6) is 11.0.